The number of nitrogens with zero attached hydrogens (tertiary/aromatic N) is 1. The molecule has 0 saturated carbocycles. The van der Waals surface area contributed by atoms with E-state index in [0.717, 1.165) is 45.3 Å². The molecule has 4 aromatic rings. The van der Waals surface area contributed by atoms with Gasteiger partial charge in [0, 0.05) is 22.9 Å². The predicted molar refractivity (Wildman–Crippen MR) is 113 cm³/mol. The number of para-hydroxylation sites is 1. The molecule has 3 aromatic carbocycles. The maximum atomic E-state index is 5.55. The van der Waals surface area contributed by atoms with Crippen LogP contribution in [-0.4, -0.2) is 24.2 Å². The van der Waals surface area contributed by atoms with Crippen molar-refractivity contribution in [3.63, 3.8) is 0 Å². The zero-order chi connectivity index (χ0) is 19.5. The van der Waals surface area contributed by atoms with E-state index in [-0.39, 0.29) is 0 Å². The Morgan fingerprint density at radius 3 is 2.29 bits per heavy atom. The minimum Gasteiger partial charge on any atom is -0.497 e. The summed E-state index contributed by atoms with van der Waals surface area (Å²) in [6, 6.07) is 22.3. The molecule has 0 saturated heterocycles. The van der Waals surface area contributed by atoms with Gasteiger partial charge in [-0.15, -0.1) is 0 Å². The number of ether oxygens (including phenoxy) is 2. The van der Waals surface area contributed by atoms with Gasteiger partial charge in [0.05, 0.1) is 19.9 Å². The van der Waals surface area contributed by atoms with Gasteiger partial charge >= 0.3 is 0 Å². The summed E-state index contributed by atoms with van der Waals surface area (Å²) in [4.78, 5) is 8.09. The van der Waals surface area contributed by atoms with Crippen LogP contribution in [0.3, 0.4) is 0 Å². The minimum atomic E-state index is 0.833. The third kappa shape index (κ3) is 3.37. The molecule has 4 rings (SSSR count). The fraction of sp³-hybridized carbons (Fsp3) is 0.125. The van der Waals surface area contributed by atoms with Crippen LogP contribution in [0.4, 0.5) is 0 Å². The minimum absolute atomic E-state index is 0.833. The molecule has 0 spiro atoms. The highest BCUT2D eigenvalue weighted by Gasteiger charge is 2.12. The number of methoxy groups -OCH3 is 2. The number of H-pyrrole nitrogens is 1. The van der Waals surface area contributed by atoms with Gasteiger partial charge in [0.2, 0.25) is 0 Å². The molecule has 1 aromatic heterocycles. The molecule has 0 aliphatic heterocycles. The van der Waals surface area contributed by atoms with Crippen LogP contribution in [0, 0.1) is 6.92 Å². The number of imidazole rings is 1. The fourth-order valence-corrected chi connectivity index (χ4v) is 3.31. The summed E-state index contributed by atoms with van der Waals surface area (Å²) in [5.41, 5.74) is 6.38. The number of aromatic nitrogens is 2. The maximum absolute atomic E-state index is 5.55. The SMILES string of the molecule is COc1ccc(-c2c[nH]c(-c3ccc(C)c(-c4ccccc4OC)c3)n2)cc1. The van der Waals surface area contributed by atoms with Crippen molar-refractivity contribution >= 4 is 0 Å². The number of hydrogen-bond acceptors (Lipinski definition) is 3. The number of benzene rings is 3. The van der Waals surface area contributed by atoms with E-state index >= 15 is 0 Å². The molecule has 0 unspecified atom stereocenters. The van der Waals surface area contributed by atoms with Crippen molar-refractivity contribution in [2.45, 2.75) is 6.92 Å². The van der Waals surface area contributed by atoms with E-state index in [9.17, 15) is 0 Å². The van der Waals surface area contributed by atoms with Gasteiger partial charge in [-0.2, -0.15) is 0 Å². The third-order valence-corrected chi connectivity index (χ3v) is 4.87. The van der Waals surface area contributed by atoms with E-state index in [1.54, 1.807) is 14.2 Å². The summed E-state index contributed by atoms with van der Waals surface area (Å²) >= 11 is 0. The van der Waals surface area contributed by atoms with E-state index in [4.69, 9.17) is 14.5 Å². The van der Waals surface area contributed by atoms with Crippen LogP contribution >= 0.6 is 0 Å². The first kappa shape index (κ1) is 17.9. The molecule has 4 nitrogen and oxygen atoms in total. The van der Waals surface area contributed by atoms with Crippen molar-refractivity contribution in [2.75, 3.05) is 14.2 Å². The van der Waals surface area contributed by atoms with Crippen LogP contribution in [0.25, 0.3) is 33.8 Å². The number of rotatable bonds is 5. The van der Waals surface area contributed by atoms with E-state index in [0.29, 0.717) is 0 Å². The first-order valence-corrected chi connectivity index (χ1v) is 9.14. The highest BCUT2D eigenvalue weighted by molar-refractivity contribution is 5.78. The molecule has 0 fully saturated rings. The zero-order valence-electron chi connectivity index (χ0n) is 16.2. The van der Waals surface area contributed by atoms with Gasteiger partial charge in [-0.3, -0.25) is 0 Å². The number of nitrogens with one attached hydrogen (secondary N) is 1. The van der Waals surface area contributed by atoms with E-state index in [2.05, 4.69) is 36.2 Å². The van der Waals surface area contributed by atoms with Crippen molar-refractivity contribution in [2.24, 2.45) is 0 Å². The van der Waals surface area contributed by atoms with Crippen molar-refractivity contribution in [3.05, 3.63) is 78.5 Å². The first-order valence-electron chi connectivity index (χ1n) is 9.14. The molecular formula is C24H22N2O2. The van der Waals surface area contributed by atoms with Gasteiger partial charge in [0.25, 0.3) is 0 Å². The van der Waals surface area contributed by atoms with Crippen LogP contribution < -0.4 is 9.47 Å². The Kier molecular flexibility index (Phi) is 4.85. The average molecular weight is 370 g/mol. The standard InChI is InChI=1S/C24H22N2O2/c1-16-8-9-18(14-21(16)20-6-4-5-7-23(20)28-3)24-25-15-22(26-24)17-10-12-19(27-2)13-11-17/h4-15H,1-3H3,(H,25,26). The molecule has 0 bridgehead atoms. The number of aromatic amines is 1. The normalized spacial score (nSPS) is 10.7. The topological polar surface area (TPSA) is 47.1 Å². The Labute approximate surface area is 164 Å². The van der Waals surface area contributed by atoms with Gasteiger partial charge < -0.3 is 14.5 Å². The lowest BCUT2D eigenvalue weighted by Gasteiger charge is -2.12. The lowest BCUT2D eigenvalue weighted by molar-refractivity contribution is 0.415. The smallest absolute Gasteiger partial charge is 0.138 e. The van der Waals surface area contributed by atoms with E-state index in [1.807, 2.05) is 48.7 Å². The summed E-state index contributed by atoms with van der Waals surface area (Å²) in [5.74, 6) is 2.53. The highest BCUT2D eigenvalue weighted by Crippen LogP contribution is 2.34. The second-order valence-corrected chi connectivity index (χ2v) is 6.59. The Balaban J connectivity index is 1.71. The summed E-state index contributed by atoms with van der Waals surface area (Å²) in [7, 11) is 3.37. The first-order chi connectivity index (χ1) is 13.7. The zero-order valence-corrected chi connectivity index (χ0v) is 16.2. The average Bonchev–Trinajstić information content (AvgIpc) is 3.24. The lowest BCUT2D eigenvalue weighted by Crippen LogP contribution is -1.91. The lowest BCUT2D eigenvalue weighted by atomic mass is 9.97. The monoisotopic (exact) mass is 370 g/mol. The molecule has 0 atom stereocenters. The maximum Gasteiger partial charge on any atom is 0.138 e. The molecule has 0 aliphatic carbocycles. The highest BCUT2D eigenvalue weighted by atomic mass is 16.5. The van der Waals surface area contributed by atoms with Crippen molar-refractivity contribution in [1.82, 2.24) is 9.97 Å². The van der Waals surface area contributed by atoms with Crippen LogP contribution in [0.5, 0.6) is 11.5 Å². The van der Waals surface area contributed by atoms with Crippen LogP contribution in [-0.2, 0) is 0 Å². The Hall–Kier alpha value is -3.53. The van der Waals surface area contributed by atoms with Gasteiger partial charge in [-0.05, 0) is 54.4 Å². The molecule has 28 heavy (non-hydrogen) atoms. The van der Waals surface area contributed by atoms with Gasteiger partial charge in [-0.25, -0.2) is 4.98 Å². The molecular weight excluding hydrogens is 348 g/mol. The van der Waals surface area contributed by atoms with Gasteiger partial charge in [0.15, 0.2) is 0 Å². The largest absolute Gasteiger partial charge is 0.497 e. The number of hydrogen-bond donors (Lipinski definition) is 1. The Bertz CT molecular complexity index is 1100. The Morgan fingerprint density at radius 2 is 1.54 bits per heavy atom. The summed E-state index contributed by atoms with van der Waals surface area (Å²) in [6.45, 7) is 2.11. The van der Waals surface area contributed by atoms with E-state index in [1.165, 1.54) is 5.56 Å². The summed E-state index contributed by atoms with van der Waals surface area (Å²) in [5, 5.41) is 0. The molecule has 4 heteroatoms. The summed E-state index contributed by atoms with van der Waals surface area (Å²) < 4.78 is 10.8. The molecule has 1 heterocycles. The van der Waals surface area contributed by atoms with Crippen LogP contribution in [0.1, 0.15) is 5.56 Å². The molecule has 1 N–H and O–H groups in total. The van der Waals surface area contributed by atoms with Crippen molar-refractivity contribution in [1.29, 1.82) is 0 Å². The molecule has 0 amide bonds. The fourth-order valence-electron chi connectivity index (χ4n) is 3.31. The quantitative estimate of drug-likeness (QED) is 0.487. The van der Waals surface area contributed by atoms with Crippen LogP contribution in [0.2, 0.25) is 0 Å². The van der Waals surface area contributed by atoms with Gasteiger partial charge in [0.1, 0.15) is 17.3 Å². The van der Waals surface area contributed by atoms with Crippen LogP contribution in [0.15, 0.2) is 72.9 Å². The molecule has 0 aliphatic rings. The third-order valence-electron chi connectivity index (χ3n) is 4.87. The van der Waals surface area contributed by atoms with E-state index < -0.39 is 0 Å². The molecule has 140 valence electrons. The second-order valence-electron chi connectivity index (χ2n) is 6.59. The summed E-state index contributed by atoms with van der Waals surface area (Å²) in [6.07, 6.45) is 1.93. The van der Waals surface area contributed by atoms with Crippen molar-refractivity contribution in [3.8, 4) is 45.3 Å². The number of aryl methyl sites for hydroxylation is 1. The molecule has 0 radical (unpaired) electrons. The predicted octanol–water partition coefficient (Wildman–Crippen LogP) is 5.74. The van der Waals surface area contributed by atoms with Crippen molar-refractivity contribution < 1.29 is 9.47 Å². The Morgan fingerprint density at radius 1 is 0.786 bits per heavy atom. The second kappa shape index (κ2) is 7.61. The van der Waals surface area contributed by atoms with Gasteiger partial charge in [-0.1, -0.05) is 30.3 Å².